The number of anilines is 1. The fraction of sp³-hybridized carbons (Fsp3) is 0.229. The lowest BCUT2D eigenvalue weighted by Gasteiger charge is -2.47. The Morgan fingerprint density at radius 1 is 0.840 bits per heavy atom. The van der Waals surface area contributed by atoms with Crippen molar-refractivity contribution in [3.05, 3.63) is 114 Å². The summed E-state index contributed by atoms with van der Waals surface area (Å²) in [7, 11) is -4.59. The molecule has 2 saturated heterocycles. The molecule has 0 saturated carbocycles. The zero-order valence-corrected chi connectivity index (χ0v) is 26.6. The van der Waals surface area contributed by atoms with Gasteiger partial charge in [0, 0.05) is 16.8 Å². The molecule has 0 bridgehead atoms. The molecule has 4 aromatic carbocycles. The Labute approximate surface area is 284 Å². The molecule has 15 heteroatoms. The molecule has 13 nitrogen and oxygen atoms in total. The molecule has 4 aromatic rings. The summed E-state index contributed by atoms with van der Waals surface area (Å²) in [6, 6.07) is 21.3. The number of aliphatic carboxylic acids is 1. The van der Waals surface area contributed by atoms with E-state index in [1.54, 1.807) is 48.5 Å². The summed E-state index contributed by atoms with van der Waals surface area (Å²) < 4.78 is 52.6. The van der Waals surface area contributed by atoms with Crippen LogP contribution >= 0.6 is 0 Å². The highest BCUT2D eigenvalue weighted by atomic mass is 32.2. The fourth-order valence-electron chi connectivity index (χ4n) is 6.00. The minimum absolute atomic E-state index is 0.0310. The van der Waals surface area contributed by atoms with Gasteiger partial charge in [-0.15, -0.1) is 0 Å². The van der Waals surface area contributed by atoms with E-state index in [9.17, 15) is 52.7 Å². The van der Waals surface area contributed by atoms with Crippen LogP contribution < -0.4 is 9.64 Å². The Bertz CT molecular complexity index is 2040. The molecule has 260 valence electrons. The number of carboxylic acids is 1. The van der Waals surface area contributed by atoms with Crippen LogP contribution in [-0.4, -0.2) is 93.3 Å². The van der Waals surface area contributed by atoms with E-state index in [1.165, 1.54) is 29.2 Å². The number of carboxylic acid groups (broad SMARTS) is 1. The lowest BCUT2D eigenvalue weighted by molar-refractivity contribution is -0.271. The number of amides is 1. The number of aliphatic hydroxyl groups excluding tert-OH is 3. The average Bonchev–Trinajstić information content (AvgIpc) is 3.07. The van der Waals surface area contributed by atoms with Gasteiger partial charge in [-0.25, -0.2) is 17.6 Å². The smallest absolute Gasteiger partial charge is 0.335 e. The van der Waals surface area contributed by atoms with Gasteiger partial charge in [0.15, 0.2) is 27.0 Å². The molecule has 2 aliphatic rings. The van der Waals surface area contributed by atoms with Crippen molar-refractivity contribution in [1.82, 2.24) is 0 Å². The molecule has 0 aromatic heterocycles. The van der Waals surface area contributed by atoms with Crippen LogP contribution in [0.2, 0.25) is 0 Å². The third-order valence-corrected chi connectivity index (χ3v) is 10.4. The molecule has 2 aliphatic heterocycles. The maximum Gasteiger partial charge on any atom is 0.335 e. The van der Waals surface area contributed by atoms with Crippen molar-refractivity contribution in [2.75, 3.05) is 10.7 Å². The highest BCUT2D eigenvalue weighted by Crippen LogP contribution is 2.47. The van der Waals surface area contributed by atoms with Crippen molar-refractivity contribution >= 4 is 33.2 Å². The number of hydrogen-bond acceptors (Lipinski definition) is 11. The number of carbonyl (C=O) groups is 3. The molecule has 3 unspecified atom stereocenters. The SMILES string of the molecule is O=C(CS(=O)(=O)[C@H]1C(=O)N(c2ccccc2)[C@@H]1c1ccc(-c2cccc(O)c2)cc1O[C@@H]1OC(C(=O)O)C(O)[C@H](O)C1O)c1ccc(F)cc1. The van der Waals surface area contributed by atoms with Crippen LogP contribution in [0.5, 0.6) is 11.5 Å². The van der Waals surface area contributed by atoms with Crippen LogP contribution in [0, 0.1) is 5.82 Å². The van der Waals surface area contributed by atoms with Gasteiger partial charge in [-0.1, -0.05) is 42.5 Å². The number of β-lactam (4-membered cyclic amide) rings is 1. The number of nitrogens with zero attached hydrogens (tertiary/aromatic N) is 1. The average molecular weight is 708 g/mol. The van der Waals surface area contributed by atoms with E-state index in [2.05, 4.69) is 0 Å². The van der Waals surface area contributed by atoms with Gasteiger partial charge in [-0.05, 0) is 65.7 Å². The van der Waals surface area contributed by atoms with Crippen molar-refractivity contribution < 1.29 is 62.2 Å². The number of hydrogen-bond donors (Lipinski definition) is 5. The largest absolute Gasteiger partial charge is 0.508 e. The van der Waals surface area contributed by atoms with Gasteiger partial charge < -0.3 is 39.9 Å². The summed E-state index contributed by atoms with van der Waals surface area (Å²) in [4.78, 5) is 39.8. The highest BCUT2D eigenvalue weighted by molar-refractivity contribution is 7.93. The van der Waals surface area contributed by atoms with E-state index in [0.717, 1.165) is 24.3 Å². The number of para-hydroxylation sites is 1. The molecule has 6 rings (SSSR count). The molecular weight excluding hydrogens is 677 g/mol. The normalized spacial score (nSPS) is 25.1. The number of benzene rings is 4. The molecule has 1 amide bonds. The van der Waals surface area contributed by atoms with Crippen LogP contribution in [0.3, 0.4) is 0 Å². The van der Waals surface area contributed by atoms with Crippen molar-refractivity contribution in [1.29, 1.82) is 0 Å². The second kappa shape index (κ2) is 13.6. The van der Waals surface area contributed by atoms with Crippen LogP contribution in [0.15, 0.2) is 97.1 Å². The van der Waals surface area contributed by atoms with Crippen molar-refractivity contribution in [3.63, 3.8) is 0 Å². The number of carbonyl (C=O) groups excluding carboxylic acids is 2. The second-order valence-electron chi connectivity index (χ2n) is 11.8. The molecule has 7 atom stereocenters. The number of Topliss-reactive ketones (excluding diaryl/α,β-unsaturated/α-hetero) is 1. The molecule has 2 fully saturated rings. The zero-order valence-electron chi connectivity index (χ0n) is 25.8. The minimum atomic E-state index is -4.59. The van der Waals surface area contributed by atoms with Gasteiger partial charge in [0.1, 0.15) is 41.4 Å². The summed E-state index contributed by atoms with van der Waals surface area (Å²) >= 11 is 0. The zero-order chi connectivity index (χ0) is 35.9. The number of ketones is 1. The molecule has 5 N–H and O–H groups in total. The lowest BCUT2D eigenvalue weighted by Crippen LogP contribution is -2.63. The van der Waals surface area contributed by atoms with Gasteiger partial charge in [0.25, 0.3) is 0 Å². The number of sulfone groups is 1. The van der Waals surface area contributed by atoms with Gasteiger partial charge >= 0.3 is 5.97 Å². The molecule has 0 aliphatic carbocycles. The summed E-state index contributed by atoms with van der Waals surface area (Å²) in [5, 5.41) is 49.2. The number of phenolic OH excluding ortho intramolecular Hbond substituents is 1. The van der Waals surface area contributed by atoms with Crippen molar-refractivity contribution in [2.24, 2.45) is 0 Å². The van der Waals surface area contributed by atoms with E-state index in [0.29, 0.717) is 16.8 Å². The highest BCUT2D eigenvalue weighted by Gasteiger charge is 2.57. The number of halogens is 1. The van der Waals surface area contributed by atoms with Gasteiger partial charge in [0.2, 0.25) is 12.2 Å². The van der Waals surface area contributed by atoms with E-state index < -0.39 is 81.1 Å². The number of ether oxygens (including phenoxy) is 2. The summed E-state index contributed by atoms with van der Waals surface area (Å²) in [5.41, 5.74) is 1.09. The summed E-state index contributed by atoms with van der Waals surface area (Å²) in [5.74, 6) is -5.44. The predicted molar refractivity (Wildman–Crippen MR) is 173 cm³/mol. The first-order chi connectivity index (χ1) is 23.8. The molecule has 2 heterocycles. The van der Waals surface area contributed by atoms with Crippen molar-refractivity contribution in [3.8, 4) is 22.6 Å². The van der Waals surface area contributed by atoms with Gasteiger partial charge in [-0.3, -0.25) is 9.59 Å². The molecule has 0 spiro atoms. The van der Waals surface area contributed by atoms with Crippen LogP contribution in [0.25, 0.3) is 11.1 Å². The number of aromatic hydroxyl groups is 1. The van der Waals surface area contributed by atoms with E-state index in [-0.39, 0.29) is 22.6 Å². The van der Waals surface area contributed by atoms with E-state index in [1.807, 2.05) is 0 Å². The molecule has 50 heavy (non-hydrogen) atoms. The monoisotopic (exact) mass is 707 g/mol. The number of aliphatic hydroxyl groups is 3. The Hall–Kier alpha value is -5.19. The fourth-order valence-corrected chi connectivity index (χ4v) is 7.80. The number of rotatable bonds is 10. The van der Waals surface area contributed by atoms with Crippen LogP contribution in [0.1, 0.15) is 22.0 Å². The maximum absolute atomic E-state index is 13.9. The summed E-state index contributed by atoms with van der Waals surface area (Å²) in [6.45, 7) is 0. The Morgan fingerprint density at radius 2 is 1.52 bits per heavy atom. The molecular formula is C35H30FNO12S. The van der Waals surface area contributed by atoms with E-state index in [4.69, 9.17) is 9.47 Å². The van der Waals surface area contributed by atoms with Crippen LogP contribution in [0.4, 0.5) is 10.1 Å². The number of phenols is 1. The standard InChI is InChI=1S/C35H30FNO12S/c36-21-12-9-18(10-13-21)25(39)17-50(46,47)32-27(37(33(32)43)22-6-2-1-3-7-22)24-14-11-20(19-5-4-8-23(38)15-19)16-26(24)48-35-30(42)28(40)29(41)31(49-35)34(44)45/h1-16,27-32,35,38,40-42H,17H2,(H,44,45)/t27-,28+,29?,30?,31?,32-,35-/m1/s1. The quantitative estimate of drug-likeness (QED) is 0.119. The summed E-state index contributed by atoms with van der Waals surface area (Å²) in [6.07, 6.45) is -9.97. The first-order valence-electron chi connectivity index (χ1n) is 15.2. The first-order valence-corrected chi connectivity index (χ1v) is 16.9. The van der Waals surface area contributed by atoms with Crippen LogP contribution in [-0.2, 0) is 24.2 Å². The maximum atomic E-state index is 13.9. The lowest BCUT2D eigenvalue weighted by atomic mass is 9.90. The topological polar surface area (TPSA) is 208 Å². The third-order valence-electron chi connectivity index (χ3n) is 8.53. The molecule has 0 radical (unpaired) electrons. The second-order valence-corrected chi connectivity index (χ2v) is 13.9. The Balaban J connectivity index is 1.46. The first kappa shape index (κ1) is 34.7. The Kier molecular flexibility index (Phi) is 9.44. The van der Waals surface area contributed by atoms with Gasteiger partial charge in [0.05, 0.1) is 6.04 Å². The van der Waals surface area contributed by atoms with E-state index >= 15 is 0 Å². The Morgan fingerprint density at radius 3 is 2.18 bits per heavy atom. The van der Waals surface area contributed by atoms with Crippen molar-refractivity contribution in [2.45, 2.75) is 42.0 Å². The minimum Gasteiger partial charge on any atom is -0.508 e. The predicted octanol–water partition coefficient (Wildman–Crippen LogP) is 2.22. The third kappa shape index (κ3) is 6.56. The van der Waals surface area contributed by atoms with Gasteiger partial charge in [-0.2, -0.15) is 0 Å².